The lowest BCUT2D eigenvalue weighted by molar-refractivity contribution is 0.0598. The molecule has 0 saturated carbocycles. The number of halogens is 1. The van der Waals surface area contributed by atoms with Gasteiger partial charge in [-0.2, -0.15) is 0 Å². The Morgan fingerprint density at radius 3 is 2.30 bits per heavy atom. The average molecular weight is 381 g/mol. The van der Waals surface area contributed by atoms with E-state index >= 15 is 0 Å². The first kappa shape index (κ1) is 17.1. The maximum atomic E-state index is 11.9. The summed E-state index contributed by atoms with van der Waals surface area (Å²) >= 11 is 3.39. The molecule has 2 rings (SSSR count). The Labute approximate surface area is 143 Å². The summed E-state index contributed by atoms with van der Waals surface area (Å²) in [6.07, 6.45) is 0. The van der Waals surface area contributed by atoms with E-state index in [0.717, 1.165) is 5.56 Å². The van der Waals surface area contributed by atoms with Gasteiger partial charge in [0.15, 0.2) is 11.5 Å². The molecule has 0 saturated heterocycles. The summed E-state index contributed by atoms with van der Waals surface area (Å²) in [4.78, 5) is 11.9. The van der Waals surface area contributed by atoms with Gasteiger partial charge in [-0.25, -0.2) is 4.79 Å². The molecule has 0 aliphatic carbocycles. The smallest absolute Gasteiger partial charge is 0.339 e. The Bertz CT molecular complexity index is 685. The molecule has 0 fully saturated rings. The summed E-state index contributed by atoms with van der Waals surface area (Å²) in [7, 11) is 4.32. The van der Waals surface area contributed by atoms with Crippen LogP contribution in [0.3, 0.4) is 0 Å². The predicted molar refractivity (Wildman–Crippen MR) is 89.4 cm³/mol. The first-order valence-electron chi connectivity index (χ1n) is 6.81. The largest absolute Gasteiger partial charge is 0.493 e. The van der Waals surface area contributed by atoms with E-state index in [0.29, 0.717) is 33.9 Å². The topological polar surface area (TPSA) is 54.0 Å². The number of benzene rings is 2. The first-order chi connectivity index (χ1) is 11.1. The van der Waals surface area contributed by atoms with Crippen LogP contribution in [0.5, 0.6) is 17.2 Å². The molecule has 0 radical (unpaired) electrons. The molecule has 0 amide bonds. The maximum Gasteiger partial charge on any atom is 0.339 e. The molecule has 122 valence electrons. The number of hydrogen-bond donors (Lipinski definition) is 0. The van der Waals surface area contributed by atoms with Gasteiger partial charge in [0.1, 0.15) is 6.61 Å². The molecule has 0 spiro atoms. The molecule has 0 aliphatic rings. The van der Waals surface area contributed by atoms with Gasteiger partial charge >= 0.3 is 5.97 Å². The number of esters is 1. The van der Waals surface area contributed by atoms with Crippen molar-refractivity contribution >= 4 is 21.9 Å². The summed E-state index contributed by atoms with van der Waals surface area (Å²) in [5, 5.41) is 0. The van der Waals surface area contributed by atoms with Crippen LogP contribution in [-0.2, 0) is 11.3 Å². The van der Waals surface area contributed by atoms with E-state index < -0.39 is 5.97 Å². The van der Waals surface area contributed by atoms with Crippen LogP contribution in [0.25, 0.3) is 0 Å². The van der Waals surface area contributed by atoms with Gasteiger partial charge in [0, 0.05) is 0 Å². The highest BCUT2D eigenvalue weighted by Crippen LogP contribution is 2.45. The molecule has 6 heteroatoms. The summed E-state index contributed by atoms with van der Waals surface area (Å²) in [6, 6.07) is 11.2. The van der Waals surface area contributed by atoms with Gasteiger partial charge in [0.05, 0.1) is 31.4 Å². The van der Waals surface area contributed by atoms with Crippen molar-refractivity contribution in [2.75, 3.05) is 21.3 Å². The van der Waals surface area contributed by atoms with E-state index in [1.807, 2.05) is 30.3 Å². The van der Waals surface area contributed by atoms with E-state index in [4.69, 9.17) is 18.9 Å². The number of methoxy groups -OCH3 is 3. The highest BCUT2D eigenvalue weighted by atomic mass is 79.9. The van der Waals surface area contributed by atoms with Gasteiger partial charge in [0.25, 0.3) is 0 Å². The molecule has 5 nitrogen and oxygen atoms in total. The summed E-state index contributed by atoms with van der Waals surface area (Å²) < 4.78 is 21.8. The molecule has 0 bridgehead atoms. The van der Waals surface area contributed by atoms with E-state index in [1.165, 1.54) is 21.3 Å². The highest BCUT2D eigenvalue weighted by molar-refractivity contribution is 9.10. The third-order valence-corrected chi connectivity index (χ3v) is 3.98. The molecule has 2 aromatic carbocycles. The van der Waals surface area contributed by atoms with E-state index in [2.05, 4.69) is 15.9 Å². The maximum absolute atomic E-state index is 11.9. The zero-order valence-corrected chi connectivity index (χ0v) is 14.7. The predicted octanol–water partition coefficient (Wildman–Crippen LogP) is 3.83. The Kier molecular flexibility index (Phi) is 5.87. The summed E-state index contributed by atoms with van der Waals surface area (Å²) in [5.41, 5.74) is 1.29. The molecule has 0 aromatic heterocycles. The molecule has 2 aromatic rings. The van der Waals surface area contributed by atoms with Crippen LogP contribution < -0.4 is 14.2 Å². The van der Waals surface area contributed by atoms with Crippen LogP contribution >= 0.6 is 15.9 Å². The van der Waals surface area contributed by atoms with Gasteiger partial charge in [-0.05, 0) is 27.6 Å². The minimum atomic E-state index is -0.498. The van der Waals surface area contributed by atoms with Crippen LogP contribution in [0.2, 0.25) is 0 Å². The Morgan fingerprint density at radius 1 is 1.04 bits per heavy atom. The van der Waals surface area contributed by atoms with Crippen molar-refractivity contribution in [3.63, 3.8) is 0 Å². The fraction of sp³-hybridized carbons (Fsp3) is 0.235. The van der Waals surface area contributed by atoms with Crippen LogP contribution in [0.1, 0.15) is 15.9 Å². The molecular formula is C17H17BrO5. The Balaban J connectivity index is 2.44. The first-order valence-corrected chi connectivity index (χ1v) is 7.61. The van der Waals surface area contributed by atoms with Crippen LogP contribution in [-0.4, -0.2) is 27.3 Å². The van der Waals surface area contributed by atoms with E-state index in [1.54, 1.807) is 6.07 Å². The van der Waals surface area contributed by atoms with Gasteiger partial charge in [-0.15, -0.1) is 0 Å². The second kappa shape index (κ2) is 7.87. The number of carbonyl (C=O) groups excluding carboxylic acids is 1. The van der Waals surface area contributed by atoms with Crippen molar-refractivity contribution in [2.45, 2.75) is 6.61 Å². The zero-order chi connectivity index (χ0) is 16.8. The average Bonchev–Trinajstić information content (AvgIpc) is 2.60. The number of ether oxygens (including phenoxy) is 4. The summed E-state index contributed by atoms with van der Waals surface area (Å²) in [5.74, 6) is 0.681. The molecular weight excluding hydrogens is 364 g/mol. The normalized spacial score (nSPS) is 10.1. The standard InChI is InChI=1S/C17H17BrO5/c1-20-13-9-12(17(19)22-3)14(18)16(15(13)21-2)23-10-11-7-5-4-6-8-11/h4-9H,10H2,1-3H3. The van der Waals surface area contributed by atoms with Gasteiger partial charge in [-0.3, -0.25) is 0 Å². The van der Waals surface area contributed by atoms with Crippen LogP contribution in [0.15, 0.2) is 40.9 Å². The minimum absolute atomic E-state index is 0.299. The van der Waals surface area contributed by atoms with E-state index in [9.17, 15) is 4.79 Å². The van der Waals surface area contributed by atoms with Crippen LogP contribution in [0, 0.1) is 0 Å². The van der Waals surface area contributed by atoms with Crippen molar-refractivity contribution in [1.29, 1.82) is 0 Å². The Morgan fingerprint density at radius 2 is 1.74 bits per heavy atom. The second-order valence-electron chi connectivity index (χ2n) is 4.57. The quantitative estimate of drug-likeness (QED) is 0.712. The molecule has 0 heterocycles. The second-order valence-corrected chi connectivity index (χ2v) is 5.36. The third-order valence-electron chi connectivity index (χ3n) is 3.20. The van der Waals surface area contributed by atoms with Crippen molar-refractivity contribution in [3.05, 3.63) is 52.0 Å². The zero-order valence-electron chi connectivity index (χ0n) is 13.1. The number of carbonyl (C=O) groups is 1. The van der Waals surface area contributed by atoms with Crippen molar-refractivity contribution in [2.24, 2.45) is 0 Å². The molecule has 0 unspecified atom stereocenters. The summed E-state index contributed by atoms with van der Waals surface area (Å²) in [6.45, 7) is 0.323. The molecule has 0 N–H and O–H groups in total. The van der Waals surface area contributed by atoms with Crippen molar-refractivity contribution in [1.82, 2.24) is 0 Å². The molecule has 23 heavy (non-hydrogen) atoms. The van der Waals surface area contributed by atoms with Gasteiger partial charge in [-0.1, -0.05) is 30.3 Å². The molecule has 0 atom stereocenters. The minimum Gasteiger partial charge on any atom is -0.493 e. The van der Waals surface area contributed by atoms with Gasteiger partial charge < -0.3 is 18.9 Å². The van der Waals surface area contributed by atoms with Crippen molar-refractivity contribution < 1.29 is 23.7 Å². The van der Waals surface area contributed by atoms with E-state index in [-0.39, 0.29) is 0 Å². The fourth-order valence-corrected chi connectivity index (χ4v) is 2.63. The monoisotopic (exact) mass is 380 g/mol. The van der Waals surface area contributed by atoms with Crippen molar-refractivity contribution in [3.8, 4) is 17.2 Å². The van der Waals surface area contributed by atoms with Gasteiger partial charge in [0.2, 0.25) is 5.75 Å². The lowest BCUT2D eigenvalue weighted by Crippen LogP contribution is -2.07. The fourth-order valence-electron chi connectivity index (χ4n) is 2.06. The molecule has 0 aliphatic heterocycles. The Hall–Kier alpha value is -2.21. The lowest BCUT2D eigenvalue weighted by atomic mass is 10.1. The third kappa shape index (κ3) is 3.76. The lowest BCUT2D eigenvalue weighted by Gasteiger charge is -2.17. The number of rotatable bonds is 6. The SMILES string of the molecule is COC(=O)c1cc(OC)c(OC)c(OCc2ccccc2)c1Br. The number of hydrogen-bond acceptors (Lipinski definition) is 5. The van der Waals surface area contributed by atoms with Crippen LogP contribution in [0.4, 0.5) is 0 Å². The highest BCUT2D eigenvalue weighted by Gasteiger charge is 2.23.